The van der Waals surface area contributed by atoms with E-state index in [0.717, 1.165) is 0 Å². The Balaban J connectivity index is 1.61. The molecule has 2 aromatic rings. The quantitative estimate of drug-likeness (QED) is 0.920. The van der Waals surface area contributed by atoms with Crippen LogP contribution in [-0.4, -0.2) is 44.8 Å². The molecule has 124 valence electrons. The second-order valence-electron chi connectivity index (χ2n) is 5.53. The zero-order valence-corrected chi connectivity index (χ0v) is 12.3. The van der Waals surface area contributed by atoms with Crippen molar-refractivity contribution in [3.8, 4) is 0 Å². The summed E-state index contributed by atoms with van der Waals surface area (Å²) in [4.78, 5) is 13.3. The number of rotatable bonds is 2. The van der Waals surface area contributed by atoms with Crippen LogP contribution in [0.3, 0.4) is 0 Å². The fourth-order valence-corrected chi connectivity index (χ4v) is 2.71. The summed E-state index contributed by atoms with van der Waals surface area (Å²) < 4.78 is 40.1. The molecule has 3 rings (SSSR count). The fourth-order valence-electron chi connectivity index (χ4n) is 2.71. The minimum absolute atomic E-state index is 0.0715. The highest BCUT2D eigenvalue weighted by atomic mass is 19.4. The van der Waals surface area contributed by atoms with E-state index in [-0.39, 0.29) is 19.5 Å². The molecule has 1 aliphatic rings. The highest BCUT2D eigenvalue weighted by molar-refractivity contribution is 5.74. The molecule has 1 fully saturated rings. The van der Waals surface area contributed by atoms with Gasteiger partial charge in [-0.05, 0) is 25.0 Å². The number of hydrogen-bond donors (Lipinski definition) is 1. The molecule has 6 nitrogen and oxygen atoms in total. The summed E-state index contributed by atoms with van der Waals surface area (Å²) in [5.41, 5.74) is 0.645. The van der Waals surface area contributed by atoms with Gasteiger partial charge in [-0.15, -0.1) is 10.2 Å². The molecular weight excluding hydrogens is 311 g/mol. The first-order valence-corrected chi connectivity index (χ1v) is 7.33. The SMILES string of the molecule is O=C(NCc1nnc2ccccn12)N1CCCC(C(F)(F)F)C1. The molecule has 0 aromatic carbocycles. The summed E-state index contributed by atoms with van der Waals surface area (Å²) in [6.07, 6.45) is -2.08. The predicted molar refractivity (Wildman–Crippen MR) is 75.6 cm³/mol. The van der Waals surface area contributed by atoms with Crippen LogP contribution in [0.25, 0.3) is 5.65 Å². The van der Waals surface area contributed by atoms with Crippen LogP contribution in [-0.2, 0) is 6.54 Å². The van der Waals surface area contributed by atoms with E-state index in [1.165, 1.54) is 4.90 Å². The lowest BCUT2D eigenvalue weighted by Gasteiger charge is -2.33. The third-order valence-electron chi connectivity index (χ3n) is 3.95. The van der Waals surface area contributed by atoms with E-state index in [9.17, 15) is 18.0 Å². The summed E-state index contributed by atoms with van der Waals surface area (Å²) in [6.45, 7) is 0.145. The fraction of sp³-hybridized carbons (Fsp3) is 0.500. The maximum atomic E-state index is 12.8. The molecule has 2 aromatic heterocycles. The van der Waals surface area contributed by atoms with Crippen molar-refractivity contribution in [2.24, 2.45) is 5.92 Å². The van der Waals surface area contributed by atoms with Crippen LogP contribution in [0.15, 0.2) is 24.4 Å². The first-order chi connectivity index (χ1) is 10.9. The Morgan fingerprint density at radius 3 is 2.96 bits per heavy atom. The van der Waals surface area contributed by atoms with Gasteiger partial charge in [0.05, 0.1) is 12.5 Å². The lowest BCUT2D eigenvalue weighted by Crippen LogP contribution is -2.48. The van der Waals surface area contributed by atoms with Crippen LogP contribution < -0.4 is 5.32 Å². The molecule has 1 atom stereocenters. The van der Waals surface area contributed by atoms with Gasteiger partial charge in [-0.25, -0.2) is 4.79 Å². The monoisotopic (exact) mass is 327 g/mol. The van der Waals surface area contributed by atoms with Crippen molar-refractivity contribution in [3.63, 3.8) is 0 Å². The van der Waals surface area contributed by atoms with Crippen LogP contribution in [0.1, 0.15) is 18.7 Å². The Labute approximate surface area is 130 Å². The zero-order chi connectivity index (χ0) is 16.4. The molecule has 0 spiro atoms. The summed E-state index contributed by atoms with van der Waals surface area (Å²) in [5, 5.41) is 10.5. The summed E-state index contributed by atoms with van der Waals surface area (Å²) in [6, 6.07) is 4.89. The van der Waals surface area contributed by atoms with E-state index in [4.69, 9.17) is 0 Å². The number of halogens is 3. The Morgan fingerprint density at radius 1 is 1.35 bits per heavy atom. The lowest BCUT2D eigenvalue weighted by atomic mass is 9.98. The largest absolute Gasteiger partial charge is 0.393 e. The van der Waals surface area contributed by atoms with Gasteiger partial charge < -0.3 is 10.2 Å². The highest BCUT2D eigenvalue weighted by Gasteiger charge is 2.42. The number of nitrogens with zero attached hydrogens (tertiary/aromatic N) is 4. The molecule has 0 bridgehead atoms. The molecule has 3 heterocycles. The van der Waals surface area contributed by atoms with Crippen molar-refractivity contribution >= 4 is 11.7 Å². The lowest BCUT2D eigenvalue weighted by molar-refractivity contribution is -0.184. The van der Waals surface area contributed by atoms with E-state index in [2.05, 4.69) is 15.5 Å². The topological polar surface area (TPSA) is 62.5 Å². The van der Waals surface area contributed by atoms with Crippen molar-refractivity contribution in [1.82, 2.24) is 24.8 Å². The maximum absolute atomic E-state index is 12.8. The van der Waals surface area contributed by atoms with Gasteiger partial charge >= 0.3 is 12.2 Å². The number of amides is 2. The minimum atomic E-state index is -4.26. The first-order valence-electron chi connectivity index (χ1n) is 7.33. The van der Waals surface area contributed by atoms with Gasteiger partial charge in [0.15, 0.2) is 11.5 Å². The molecule has 0 radical (unpaired) electrons. The van der Waals surface area contributed by atoms with E-state index in [0.29, 0.717) is 24.4 Å². The first kappa shape index (κ1) is 15.6. The smallest absolute Gasteiger partial charge is 0.331 e. The number of piperidine rings is 1. The number of urea groups is 1. The van der Waals surface area contributed by atoms with Crippen molar-refractivity contribution in [2.75, 3.05) is 13.1 Å². The molecular formula is C14H16F3N5O. The second kappa shape index (κ2) is 6.05. The maximum Gasteiger partial charge on any atom is 0.393 e. The summed E-state index contributed by atoms with van der Waals surface area (Å²) >= 11 is 0. The molecule has 1 unspecified atom stereocenters. The number of fused-ring (bicyclic) bond motifs is 1. The number of nitrogens with one attached hydrogen (secondary N) is 1. The molecule has 9 heteroatoms. The molecule has 2 amide bonds. The van der Waals surface area contributed by atoms with Gasteiger partial charge in [0.2, 0.25) is 0 Å². The minimum Gasteiger partial charge on any atom is -0.331 e. The van der Waals surface area contributed by atoms with Crippen LogP contribution >= 0.6 is 0 Å². The average Bonchev–Trinajstić information content (AvgIpc) is 2.95. The van der Waals surface area contributed by atoms with Gasteiger partial charge in [-0.3, -0.25) is 4.40 Å². The molecule has 0 saturated carbocycles. The number of likely N-dealkylation sites (tertiary alicyclic amines) is 1. The number of carbonyl (C=O) groups is 1. The average molecular weight is 327 g/mol. The Bertz CT molecular complexity index is 699. The van der Waals surface area contributed by atoms with E-state index in [1.807, 2.05) is 6.07 Å². The highest BCUT2D eigenvalue weighted by Crippen LogP contribution is 2.33. The van der Waals surface area contributed by atoms with Crippen molar-refractivity contribution in [2.45, 2.75) is 25.6 Å². The number of carbonyl (C=O) groups excluding carboxylic acids is 1. The van der Waals surface area contributed by atoms with Crippen LogP contribution in [0, 0.1) is 5.92 Å². The molecule has 23 heavy (non-hydrogen) atoms. The zero-order valence-electron chi connectivity index (χ0n) is 12.3. The van der Waals surface area contributed by atoms with Gasteiger partial charge in [0.1, 0.15) is 0 Å². The van der Waals surface area contributed by atoms with Crippen LogP contribution in [0.2, 0.25) is 0 Å². The van der Waals surface area contributed by atoms with Gasteiger partial charge in [-0.2, -0.15) is 13.2 Å². The third-order valence-corrected chi connectivity index (χ3v) is 3.95. The van der Waals surface area contributed by atoms with Gasteiger partial charge in [-0.1, -0.05) is 6.07 Å². The number of aromatic nitrogens is 3. The standard InChI is InChI=1S/C14H16F3N5O/c15-14(16,17)10-4-3-6-21(9-10)13(23)18-8-12-20-19-11-5-1-2-7-22(11)12/h1-2,5,7,10H,3-4,6,8-9H2,(H,18,23). The van der Waals surface area contributed by atoms with E-state index in [1.54, 1.807) is 22.7 Å². The van der Waals surface area contributed by atoms with Gasteiger partial charge in [0.25, 0.3) is 0 Å². The predicted octanol–water partition coefficient (Wildman–Crippen LogP) is 2.21. The van der Waals surface area contributed by atoms with Crippen molar-refractivity contribution < 1.29 is 18.0 Å². The molecule has 0 aliphatic carbocycles. The second-order valence-corrected chi connectivity index (χ2v) is 5.53. The summed E-state index contributed by atoms with van der Waals surface area (Å²) in [7, 11) is 0. The number of pyridine rings is 1. The summed E-state index contributed by atoms with van der Waals surface area (Å²) in [5.74, 6) is -0.922. The normalized spacial score (nSPS) is 19.1. The third kappa shape index (κ3) is 3.38. The van der Waals surface area contributed by atoms with Crippen molar-refractivity contribution in [3.05, 3.63) is 30.2 Å². The van der Waals surface area contributed by atoms with Crippen LogP contribution in [0.5, 0.6) is 0 Å². The van der Waals surface area contributed by atoms with E-state index < -0.39 is 18.1 Å². The molecule has 1 N–H and O–H groups in total. The molecule has 1 aliphatic heterocycles. The molecule has 1 saturated heterocycles. The Morgan fingerprint density at radius 2 is 2.17 bits per heavy atom. The number of hydrogen-bond acceptors (Lipinski definition) is 3. The Hall–Kier alpha value is -2.32. The Kier molecular flexibility index (Phi) is 4.10. The van der Waals surface area contributed by atoms with Crippen molar-refractivity contribution in [1.29, 1.82) is 0 Å². The van der Waals surface area contributed by atoms with Crippen LogP contribution in [0.4, 0.5) is 18.0 Å². The number of alkyl halides is 3. The van der Waals surface area contributed by atoms with E-state index >= 15 is 0 Å². The van der Waals surface area contributed by atoms with Gasteiger partial charge in [0, 0.05) is 19.3 Å².